The van der Waals surface area contributed by atoms with Crippen LogP contribution in [0, 0.1) is 0 Å². The van der Waals surface area contributed by atoms with Crippen LogP contribution in [0.2, 0.25) is 0 Å². The number of benzene rings is 2. The summed E-state index contributed by atoms with van der Waals surface area (Å²) in [6.07, 6.45) is 2.19. The fourth-order valence-corrected chi connectivity index (χ4v) is 8.86. The highest BCUT2D eigenvalue weighted by Crippen LogP contribution is 2.51. The summed E-state index contributed by atoms with van der Waals surface area (Å²) in [5, 5.41) is 0. The molecule has 0 N–H and O–H groups in total. The van der Waals surface area contributed by atoms with Crippen LogP contribution in [0.25, 0.3) is 0 Å². The summed E-state index contributed by atoms with van der Waals surface area (Å²) in [5.41, 5.74) is 3.61. The Morgan fingerprint density at radius 2 is 1.08 bits per heavy atom. The summed E-state index contributed by atoms with van der Waals surface area (Å²) < 4.78 is 0. The third-order valence-corrected chi connectivity index (χ3v) is 11.3. The van der Waals surface area contributed by atoms with Crippen LogP contribution in [0.4, 0.5) is 0 Å². The average Bonchev–Trinajstić information content (AvgIpc) is 2.64. The van der Waals surface area contributed by atoms with Crippen LogP contribution in [0.5, 0.6) is 0 Å². The van der Waals surface area contributed by atoms with Gasteiger partial charge in [-0.15, -0.1) is 0 Å². The quantitative estimate of drug-likeness (QED) is 0.243. The normalized spacial score (nSPS) is 13.7. The smallest absolute Gasteiger partial charge is 0.0331 e. The van der Waals surface area contributed by atoms with E-state index in [1.54, 1.807) is 0 Å². The molecule has 0 spiro atoms. The summed E-state index contributed by atoms with van der Waals surface area (Å²) >= 11 is 0. The minimum Gasteiger partial charge on any atom is -0.0651 e. The molecule has 0 saturated carbocycles. The third kappa shape index (κ3) is 5.92. The second kappa shape index (κ2) is 11.1. The maximum atomic E-state index is 3.83. The third-order valence-electron chi connectivity index (χ3n) is 3.68. The number of hydrogen-bond donors (Lipinski definition) is 0. The van der Waals surface area contributed by atoms with Crippen molar-refractivity contribution in [1.29, 1.82) is 0 Å². The minimum atomic E-state index is 0.422. The first kappa shape index (κ1) is 20.6. The van der Waals surface area contributed by atoms with E-state index in [2.05, 4.69) is 82.9 Å². The van der Waals surface area contributed by atoms with Crippen molar-refractivity contribution in [3.8, 4) is 0 Å². The molecular formula is C18H20S4Si2. The number of hydrogen-bond acceptors (Lipinski definition) is 4. The highest BCUT2D eigenvalue weighted by molar-refractivity contribution is 9.26. The Kier molecular flexibility index (Phi) is 9.51. The van der Waals surface area contributed by atoms with Crippen LogP contribution in [0.3, 0.4) is 0 Å². The zero-order chi connectivity index (χ0) is 17.4. The van der Waals surface area contributed by atoms with E-state index in [4.69, 9.17) is 0 Å². The fraction of sp³-hybridized carbons (Fsp3) is 0.333. The van der Waals surface area contributed by atoms with E-state index >= 15 is 0 Å². The van der Waals surface area contributed by atoms with Gasteiger partial charge in [0.25, 0.3) is 0 Å². The maximum Gasteiger partial charge on any atom is 0.0331 e. The zero-order valence-electron chi connectivity index (χ0n) is 13.8. The molecule has 0 aliphatic carbocycles. The summed E-state index contributed by atoms with van der Waals surface area (Å²) in [4.78, 5) is 2.69. The van der Waals surface area contributed by atoms with E-state index < -0.39 is 0 Å². The van der Waals surface area contributed by atoms with Crippen molar-refractivity contribution in [2.24, 2.45) is 0 Å². The predicted molar refractivity (Wildman–Crippen MR) is 117 cm³/mol. The van der Waals surface area contributed by atoms with Crippen molar-refractivity contribution in [1.82, 2.24) is 0 Å². The molecule has 124 valence electrons. The van der Waals surface area contributed by atoms with Crippen LogP contribution < -0.4 is 0 Å². The van der Waals surface area contributed by atoms with Crippen molar-refractivity contribution in [3.63, 3.8) is 0 Å². The molecule has 0 amide bonds. The minimum absolute atomic E-state index is 0.422. The van der Waals surface area contributed by atoms with E-state index in [9.17, 15) is 0 Å². The second-order valence-corrected chi connectivity index (χ2v) is 12.4. The molecule has 2 aromatic rings. The molecule has 2 atom stereocenters. The van der Waals surface area contributed by atoms with Gasteiger partial charge in [0.15, 0.2) is 0 Å². The lowest BCUT2D eigenvalue weighted by molar-refractivity contribution is 0.863. The van der Waals surface area contributed by atoms with Crippen molar-refractivity contribution in [2.75, 3.05) is 0 Å². The van der Waals surface area contributed by atoms with Crippen LogP contribution >= 0.6 is 41.2 Å². The van der Waals surface area contributed by atoms with Crippen LogP contribution in [0.15, 0.2) is 58.3 Å². The van der Waals surface area contributed by atoms with Gasteiger partial charge < -0.3 is 0 Å². The molecule has 0 fully saturated rings. The summed E-state index contributed by atoms with van der Waals surface area (Å²) in [6.45, 7) is 4.41. The van der Waals surface area contributed by atoms with Crippen LogP contribution in [0.1, 0.15) is 48.9 Å². The van der Waals surface area contributed by atoms with Gasteiger partial charge in [0.2, 0.25) is 0 Å². The summed E-state index contributed by atoms with van der Waals surface area (Å²) in [7, 11) is 15.0. The zero-order valence-corrected chi connectivity index (χ0v) is 19.1. The van der Waals surface area contributed by atoms with Gasteiger partial charge in [0.05, 0.1) is 0 Å². The van der Waals surface area contributed by atoms with Crippen molar-refractivity contribution in [3.05, 3.63) is 59.7 Å². The molecule has 2 aromatic carbocycles. The fourth-order valence-electron chi connectivity index (χ4n) is 2.23. The van der Waals surface area contributed by atoms with Crippen molar-refractivity contribution in [2.45, 2.75) is 47.6 Å². The van der Waals surface area contributed by atoms with Gasteiger partial charge in [-0.1, -0.05) is 63.1 Å². The van der Waals surface area contributed by atoms with Gasteiger partial charge in [0.1, 0.15) is 0 Å². The molecule has 0 aliphatic heterocycles. The van der Waals surface area contributed by atoms with Gasteiger partial charge in [0, 0.05) is 30.3 Å². The largest absolute Gasteiger partial charge is 0.0651 e. The molecule has 0 aliphatic rings. The Labute approximate surface area is 168 Å². The SMILES string of the molecule is CCC([Si])c1ccccc1SSSSc1ccccc1C([Si])CC. The Morgan fingerprint density at radius 1 is 0.708 bits per heavy atom. The molecule has 24 heavy (non-hydrogen) atoms. The first-order chi connectivity index (χ1) is 11.7. The molecule has 2 unspecified atom stereocenters. The lowest BCUT2D eigenvalue weighted by atomic mass is 10.1. The van der Waals surface area contributed by atoms with E-state index in [-0.39, 0.29) is 0 Å². The Morgan fingerprint density at radius 3 is 1.46 bits per heavy atom. The van der Waals surface area contributed by atoms with Crippen LogP contribution in [-0.4, -0.2) is 20.5 Å². The van der Waals surface area contributed by atoms with E-state index in [1.807, 2.05) is 41.2 Å². The molecule has 0 aromatic heterocycles. The lowest BCUT2D eigenvalue weighted by Crippen LogP contribution is -1.97. The van der Waals surface area contributed by atoms with Gasteiger partial charge >= 0.3 is 0 Å². The molecule has 2 rings (SSSR count). The molecule has 0 heterocycles. The summed E-state index contributed by atoms with van der Waals surface area (Å²) in [5.74, 6) is 0. The van der Waals surface area contributed by atoms with Gasteiger partial charge in [-0.05, 0) is 75.6 Å². The molecule has 0 saturated heterocycles. The molecular weight excluding hydrogens is 401 g/mol. The standard InChI is InChI=1S/C18H20S4Si2/c1-3-17(23)13-9-5-7-11-15(13)19-21-22-20-16-12-8-6-10-14(16)18(24)4-2/h5-12,17-18H,3-4H2,1-2H3. The van der Waals surface area contributed by atoms with Gasteiger partial charge in [-0.2, -0.15) is 0 Å². The second-order valence-electron chi connectivity index (χ2n) is 5.30. The van der Waals surface area contributed by atoms with Crippen molar-refractivity contribution < 1.29 is 0 Å². The van der Waals surface area contributed by atoms with Crippen molar-refractivity contribution >= 4 is 61.7 Å². The molecule has 6 radical (unpaired) electrons. The van der Waals surface area contributed by atoms with Crippen LogP contribution in [-0.2, 0) is 0 Å². The Bertz CT molecular complexity index is 580. The molecule has 6 heteroatoms. The molecule has 0 bridgehead atoms. The first-order valence-electron chi connectivity index (χ1n) is 7.95. The first-order valence-corrected chi connectivity index (χ1v) is 13.9. The highest BCUT2D eigenvalue weighted by Gasteiger charge is 2.11. The van der Waals surface area contributed by atoms with Gasteiger partial charge in [-0.25, -0.2) is 0 Å². The topological polar surface area (TPSA) is 0 Å². The predicted octanol–water partition coefficient (Wildman–Crippen LogP) is 7.02. The van der Waals surface area contributed by atoms with E-state index in [0.29, 0.717) is 11.1 Å². The number of rotatable bonds is 9. The summed E-state index contributed by atoms with van der Waals surface area (Å²) in [6, 6.07) is 17.3. The van der Waals surface area contributed by atoms with Gasteiger partial charge in [-0.3, -0.25) is 0 Å². The average molecular weight is 421 g/mol. The Balaban J connectivity index is 1.93. The Hall–Kier alpha value is 0.274. The monoisotopic (exact) mass is 420 g/mol. The highest BCUT2D eigenvalue weighted by atomic mass is 33.7. The van der Waals surface area contributed by atoms with E-state index in [0.717, 1.165) is 12.8 Å². The maximum absolute atomic E-state index is 3.83. The van der Waals surface area contributed by atoms with E-state index in [1.165, 1.54) is 20.9 Å². The molecule has 0 nitrogen and oxygen atoms in total. The lowest BCUT2D eigenvalue weighted by Gasteiger charge is -2.14.